The number of fused-ring (bicyclic) bond motifs is 3. The van der Waals surface area contributed by atoms with Crippen LogP contribution in [0.2, 0.25) is 0 Å². The largest absolute Gasteiger partial charge is 0.368 e. The molecule has 1 unspecified atom stereocenters. The number of nitrogens with zero attached hydrogens (tertiary/aromatic N) is 4. The van der Waals surface area contributed by atoms with E-state index in [2.05, 4.69) is 25.1 Å². The van der Waals surface area contributed by atoms with E-state index in [9.17, 15) is 0 Å². The van der Waals surface area contributed by atoms with Gasteiger partial charge in [-0.15, -0.1) is 10.2 Å². The third-order valence-electron chi connectivity index (χ3n) is 3.96. The molecule has 102 valence electrons. The number of rotatable bonds is 1. The fourth-order valence-electron chi connectivity index (χ4n) is 3.01. The average Bonchev–Trinajstić information content (AvgIpc) is 2.95. The molecule has 20 heavy (non-hydrogen) atoms. The topological polar surface area (TPSA) is 83.7 Å². The summed E-state index contributed by atoms with van der Waals surface area (Å²) in [4.78, 5) is 9.74. The highest BCUT2D eigenvalue weighted by Gasteiger charge is 2.20. The number of pyridine rings is 1. The van der Waals surface area contributed by atoms with E-state index in [0.29, 0.717) is 0 Å². The lowest BCUT2D eigenvalue weighted by atomic mass is 10.0. The van der Waals surface area contributed by atoms with Crippen molar-refractivity contribution in [3.8, 4) is 0 Å². The van der Waals surface area contributed by atoms with Crippen LogP contribution in [0, 0.1) is 0 Å². The van der Waals surface area contributed by atoms with Crippen LogP contribution in [-0.2, 0) is 0 Å². The van der Waals surface area contributed by atoms with Crippen LogP contribution in [0.4, 0.5) is 5.69 Å². The van der Waals surface area contributed by atoms with Crippen molar-refractivity contribution in [2.24, 2.45) is 5.73 Å². The minimum absolute atomic E-state index is 0.232. The number of nitrogens with two attached hydrogens (primary N) is 1. The molecule has 1 atom stereocenters. The molecular weight excluding hydrogens is 252 g/mol. The number of piperidine rings is 1. The molecule has 0 saturated carbocycles. The first-order valence-corrected chi connectivity index (χ1v) is 6.91. The van der Waals surface area contributed by atoms with Gasteiger partial charge < -0.3 is 15.6 Å². The molecule has 0 aromatic carbocycles. The van der Waals surface area contributed by atoms with E-state index < -0.39 is 0 Å². The quantitative estimate of drug-likeness (QED) is 0.697. The second-order valence-electron chi connectivity index (χ2n) is 5.34. The van der Waals surface area contributed by atoms with E-state index in [1.807, 2.05) is 18.5 Å². The predicted octanol–water partition coefficient (Wildman–Crippen LogP) is 1.43. The number of hydrogen-bond acceptors (Lipinski definition) is 5. The SMILES string of the molecule is NC1CCCN(c2cncc3nnc4[nH]ccc4c23)C1. The highest BCUT2D eigenvalue weighted by atomic mass is 15.2. The van der Waals surface area contributed by atoms with Crippen LogP contribution in [0.3, 0.4) is 0 Å². The molecule has 0 spiro atoms. The summed E-state index contributed by atoms with van der Waals surface area (Å²) in [5.74, 6) is 0. The molecule has 1 aliphatic rings. The van der Waals surface area contributed by atoms with Crippen molar-refractivity contribution in [1.82, 2.24) is 20.2 Å². The molecule has 3 aromatic rings. The average molecular weight is 268 g/mol. The maximum atomic E-state index is 6.10. The third-order valence-corrected chi connectivity index (χ3v) is 3.96. The summed E-state index contributed by atoms with van der Waals surface area (Å²) in [5, 5.41) is 10.6. The summed E-state index contributed by atoms with van der Waals surface area (Å²) in [6.07, 6.45) is 7.78. The molecule has 3 aromatic heterocycles. The normalized spacial score (nSPS) is 19.9. The Morgan fingerprint density at radius 2 is 2.25 bits per heavy atom. The van der Waals surface area contributed by atoms with Crippen LogP contribution in [0.25, 0.3) is 21.9 Å². The number of aromatic nitrogens is 4. The van der Waals surface area contributed by atoms with Crippen LogP contribution in [0.5, 0.6) is 0 Å². The highest BCUT2D eigenvalue weighted by molar-refractivity contribution is 6.09. The van der Waals surface area contributed by atoms with Gasteiger partial charge in [0.2, 0.25) is 0 Å². The van der Waals surface area contributed by atoms with E-state index in [1.54, 1.807) is 6.20 Å². The van der Waals surface area contributed by atoms with Gasteiger partial charge >= 0.3 is 0 Å². The molecule has 6 nitrogen and oxygen atoms in total. The molecule has 3 N–H and O–H groups in total. The van der Waals surface area contributed by atoms with E-state index in [0.717, 1.165) is 53.6 Å². The third kappa shape index (κ3) is 1.72. The predicted molar refractivity (Wildman–Crippen MR) is 78.6 cm³/mol. The second kappa shape index (κ2) is 4.42. The maximum absolute atomic E-state index is 6.10. The van der Waals surface area contributed by atoms with Gasteiger partial charge in [0.15, 0.2) is 5.65 Å². The molecule has 4 rings (SSSR count). The summed E-state index contributed by atoms with van der Waals surface area (Å²) >= 11 is 0. The summed E-state index contributed by atoms with van der Waals surface area (Å²) in [6, 6.07) is 2.27. The van der Waals surface area contributed by atoms with E-state index >= 15 is 0 Å². The zero-order chi connectivity index (χ0) is 13.5. The Morgan fingerprint density at radius 1 is 1.30 bits per heavy atom. The molecule has 0 amide bonds. The Morgan fingerprint density at radius 3 is 3.15 bits per heavy atom. The Labute approximate surface area is 116 Å². The summed E-state index contributed by atoms with van der Waals surface area (Å²) in [5.41, 5.74) is 8.85. The number of hydrogen-bond donors (Lipinski definition) is 2. The molecule has 1 saturated heterocycles. The smallest absolute Gasteiger partial charge is 0.160 e. The van der Waals surface area contributed by atoms with Gasteiger partial charge in [-0.2, -0.15) is 0 Å². The molecule has 0 bridgehead atoms. The molecular formula is C14H16N6. The van der Waals surface area contributed by atoms with Crippen molar-refractivity contribution in [3.63, 3.8) is 0 Å². The number of H-pyrrole nitrogens is 1. The lowest BCUT2D eigenvalue weighted by Crippen LogP contribution is -2.43. The Kier molecular flexibility index (Phi) is 2.56. The van der Waals surface area contributed by atoms with Crippen molar-refractivity contribution >= 4 is 27.6 Å². The maximum Gasteiger partial charge on any atom is 0.160 e. The molecule has 1 fully saturated rings. The molecule has 0 radical (unpaired) electrons. The second-order valence-corrected chi connectivity index (χ2v) is 5.34. The van der Waals surface area contributed by atoms with Gasteiger partial charge in [0.25, 0.3) is 0 Å². The van der Waals surface area contributed by atoms with Crippen LogP contribution in [0.15, 0.2) is 24.7 Å². The molecule has 4 heterocycles. The molecule has 1 aliphatic heterocycles. The van der Waals surface area contributed by atoms with Gasteiger partial charge in [-0.1, -0.05) is 0 Å². The van der Waals surface area contributed by atoms with Crippen LogP contribution < -0.4 is 10.6 Å². The monoisotopic (exact) mass is 268 g/mol. The van der Waals surface area contributed by atoms with Crippen LogP contribution in [0.1, 0.15) is 12.8 Å². The van der Waals surface area contributed by atoms with Gasteiger partial charge in [-0.25, -0.2) is 0 Å². The zero-order valence-electron chi connectivity index (χ0n) is 11.1. The summed E-state index contributed by atoms with van der Waals surface area (Å²) in [6.45, 7) is 1.89. The Balaban J connectivity index is 1.96. The van der Waals surface area contributed by atoms with E-state index in [4.69, 9.17) is 5.73 Å². The highest BCUT2D eigenvalue weighted by Crippen LogP contribution is 2.31. The first kappa shape index (κ1) is 11.6. The minimum atomic E-state index is 0.232. The summed E-state index contributed by atoms with van der Waals surface area (Å²) < 4.78 is 0. The fourth-order valence-corrected chi connectivity index (χ4v) is 3.01. The molecule has 6 heteroatoms. The lowest BCUT2D eigenvalue weighted by molar-refractivity contribution is 0.506. The van der Waals surface area contributed by atoms with Gasteiger partial charge in [-0.05, 0) is 18.9 Å². The standard InChI is InChI=1S/C14H16N6/c15-9-2-1-5-20(8-9)12-7-16-6-11-13(12)10-3-4-17-14(10)19-18-11/h3-4,6-7,9H,1-2,5,8,15H2,(H,17,19). The van der Waals surface area contributed by atoms with Gasteiger partial charge in [-0.3, -0.25) is 4.98 Å². The van der Waals surface area contributed by atoms with Gasteiger partial charge in [0.05, 0.1) is 18.1 Å². The van der Waals surface area contributed by atoms with Crippen molar-refractivity contribution in [2.45, 2.75) is 18.9 Å². The van der Waals surface area contributed by atoms with E-state index in [1.165, 1.54) is 0 Å². The number of anilines is 1. The van der Waals surface area contributed by atoms with Crippen molar-refractivity contribution in [1.29, 1.82) is 0 Å². The van der Waals surface area contributed by atoms with E-state index in [-0.39, 0.29) is 6.04 Å². The first-order valence-electron chi connectivity index (χ1n) is 6.91. The van der Waals surface area contributed by atoms with Crippen molar-refractivity contribution < 1.29 is 0 Å². The van der Waals surface area contributed by atoms with Crippen LogP contribution in [-0.4, -0.2) is 39.3 Å². The van der Waals surface area contributed by atoms with Gasteiger partial charge in [0, 0.05) is 36.1 Å². The summed E-state index contributed by atoms with van der Waals surface area (Å²) in [7, 11) is 0. The first-order chi connectivity index (χ1) is 9.83. The van der Waals surface area contributed by atoms with Crippen molar-refractivity contribution in [3.05, 3.63) is 24.7 Å². The molecule has 0 aliphatic carbocycles. The minimum Gasteiger partial charge on any atom is -0.368 e. The lowest BCUT2D eigenvalue weighted by Gasteiger charge is -2.33. The van der Waals surface area contributed by atoms with Crippen molar-refractivity contribution in [2.75, 3.05) is 18.0 Å². The zero-order valence-corrected chi connectivity index (χ0v) is 11.1. The number of aromatic amines is 1. The van der Waals surface area contributed by atoms with Gasteiger partial charge in [0.1, 0.15) is 5.52 Å². The Hall–Kier alpha value is -2.21. The number of nitrogens with one attached hydrogen (secondary N) is 1. The fraction of sp³-hybridized carbons (Fsp3) is 0.357. The Bertz CT molecular complexity index is 765. The van der Waals surface area contributed by atoms with Crippen LogP contribution >= 0.6 is 0 Å².